The van der Waals surface area contributed by atoms with E-state index in [-0.39, 0.29) is 42.1 Å². The molecule has 2 aromatic heterocycles. The molecule has 9 nitrogen and oxygen atoms in total. The maximum atomic E-state index is 13.2. The first-order valence-electron chi connectivity index (χ1n) is 12.1. The molecule has 3 aromatic rings. The van der Waals surface area contributed by atoms with Crippen LogP contribution in [0.3, 0.4) is 0 Å². The molecule has 1 aliphatic carbocycles. The molecule has 12 heteroatoms. The number of halogens is 2. The summed E-state index contributed by atoms with van der Waals surface area (Å²) in [5.74, 6) is -0.721. The number of rotatable bonds is 5. The highest BCUT2D eigenvalue weighted by atomic mass is 35.5. The van der Waals surface area contributed by atoms with Crippen molar-refractivity contribution in [1.29, 1.82) is 0 Å². The summed E-state index contributed by atoms with van der Waals surface area (Å²) >= 11 is 7.48. The summed E-state index contributed by atoms with van der Waals surface area (Å²) in [6.07, 6.45) is 2.46. The van der Waals surface area contributed by atoms with E-state index in [0.29, 0.717) is 35.0 Å². The zero-order valence-corrected chi connectivity index (χ0v) is 23.0. The van der Waals surface area contributed by atoms with Crippen molar-refractivity contribution >= 4 is 64.0 Å². The highest BCUT2D eigenvalue weighted by Gasteiger charge is 2.37. The Balaban J connectivity index is 0.00000320. The van der Waals surface area contributed by atoms with Crippen LogP contribution in [0.1, 0.15) is 50.1 Å². The van der Waals surface area contributed by atoms with Gasteiger partial charge in [-0.2, -0.15) is 0 Å². The van der Waals surface area contributed by atoms with Crippen molar-refractivity contribution in [2.45, 2.75) is 44.3 Å². The van der Waals surface area contributed by atoms with Gasteiger partial charge in [0.2, 0.25) is 5.91 Å². The maximum absolute atomic E-state index is 13.2. The molecule has 0 saturated heterocycles. The number of nitrogens with zero attached hydrogens (tertiary/aromatic N) is 2. The lowest BCUT2D eigenvalue weighted by Crippen LogP contribution is -2.56. The Kier molecular flexibility index (Phi) is 8.42. The van der Waals surface area contributed by atoms with E-state index < -0.39 is 6.04 Å². The van der Waals surface area contributed by atoms with Gasteiger partial charge in [0.25, 0.3) is 11.8 Å². The number of hydrogen-bond donors (Lipinski definition) is 4. The van der Waals surface area contributed by atoms with Crippen molar-refractivity contribution in [3.63, 3.8) is 0 Å². The van der Waals surface area contributed by atoms with E-state index in [2.05, 4.69) is 25.9 Å². The fourth-order valence-corrected chi connectivity index (χ4v) is 6.18. The van der Waals surface area contributed by atoms with Gasteiger partial charge in [-0.15, -0.1) is 23.7 Å². The van der Waals surface area contributed by atoms with Gasteiger partial charge >= 0.3 is 0 Å². The molecule has 0 unspecified atom stereocenters. The number of fused-ring (bicyclic) bond motifs is 2. The molecule has 5 rings (SSSR count). The van der Waals surface area contributed by atoms with E-state index in [0.717, 1.165) is 41.0 Å². The zero-order valence-electron chi connectivity index (χ0n) is 20.6. The molecule has 1 saturated carbocycles. The predicted octanol–water partition coefficient (Wildman–Crippen LogP) is 3.13. The number of aromatic amines is 1. The van der Waals surface area contributed by atoms with Crippen LogP contribution < -0.4 is 16.0 Å². The van der Waals surface area contributed by atoms with E-state index in [9.17, 15) is 14.4 Å². The molecule has 1 aliphatic heterocycles. The molecule has 1 fully saturated rings. The van der Waals surface area contributed by atoms with Gasteiger partial charge in [0.15, 0.2) is 5.01 Å². The molecule has 3 amide bonds. The second-order valence-electron chi connectivity index (χ2n) is 9.63. The lowest BCUT2D eigenvalue weighted by Gasteiger charge is -2.37. The number of carbonyl (C=O) groups is 3. The van der Waals surface area contributed by atoms with Gasteiger partial charge in [0.05, 0.1) is 11.7 Å². The first kappa shape index (κ1) is 27.4. The number of amides is 3. The molecule has 37 heavy (non-hydrogen) atoms. The van der Waals surface area contributed by atoms with Crippen molar-refractivity contribution in [3.05, 3.63) is 50.6 Å². The number of aromatic nitrogens is 2. The summed E-state index contributed by atoms with van der Waals surface area (Å²) in [4.78, 5) is 49.4. The van der Waals surface area contributed by atoms with Crippen LogP contribution in [0.15, 0.2) is 24.3 Å². The second kappa shape index (κ2) is 11.4. The van der Waals surface area contributed by atoms with Crippen LogP contribution in [0.25, 0.3) is 10.9 Å². The van der Waals surface area contributed by atoms with Crippen molar-refractivity contribution in [3.8, 4) is 0 Å². The van der Waals surface area contributed by atoms with Gasteiger partial charge in [-0.3, -0.25) is 14.4 Å². The fraction of sp³-hybridized carbons (Fsp3) is 0.440. The van der Waals surface area contributed by atoms with Crippen molar-refractivity contribution in [2.75, 3.05) is 20.6 Å². The van der Waals surface area contributed by atoms with Crippen LogP contribution in [0.2, 0.25) is 5.02 Å². The Bertz CT molecular complexity index is 1300. The largest absolute Gasteiger partial charge is 0.351 e. The highest BCUT2D eigenvalue weighted by Crippen LogP contribution is 2.28. The van der Waals surface area contributed by atoms with Gasteiger partial charge in [-0.25, -0.2) is 4.98 Å². The summed E-state index contributed by atoms with van der Waals surface area (Å²) in [5.41, 5.74) is 2.21. The molecule has 4 N–H and O–H groups in total. The lowest BCUT2D eigenvalue weighted by molar-refractivity contribution is -0.134. The minimum absolute atomic E-state index is 0. The molecule has 2 aliphatic rings. The summed E-state index contributed by atoms with van der Waals surface area (Å²) < 4.78 is 0. The van der Waals surface area contributed by atoms with Crippen molar-refractivity contribution in [2.24, 2.45) is 5.92 Å². The second-order valence-corrected chi connectivity index (χ2v) is 11.2. The van der Waals surface area contributed by atoms with Gasteiger partial charge in [0, 0.05) is 66.4 Å². The first-order chi connectivity index (χ1) is 17.3. The Morgan fingerprint density at radius 3 is 2.65 bits per heavy atom. The Labute approximate surface area is 230 Å². The number of carbonyl (C=O) groups excluding carboxylic acids is 3. The molecular formula is C25H30Cl2N6O3S. The Morgan fingerprint density at radius 2 is 1.89 bits per heavy atom. The van der Waals surface area contributed by atoms with Crippen LogP contribution in [0.4, 0.5) is 0 Å². The summed E-state index contributed by atoms with van der Waals surface area (Å²) in [6, 6.07) is 6.44. The van der Waals surface area contributed by atoms with Crippen LogP contribution >= 0.6 is 35.3 Å². The van der Waals surface area contributed by atoms with E-state index in [1.807, 2.05) is 6.07 Å². The highest BCUT2D eigenvalue weighted by molar-refractivity contribution is 7.13. The standard InChI is InChI=1S/C25H29ClN6O3S.ClH/c1-32(2)25(35)13-3-5-17(29-22(33)20-11-14-9-15(26)4-6-16(14)28-20)19(10-13)30-23(34)24-31-18-7-8-27-12-21(18)36-24;/h4,6,9,11,13,17,19,27-28H,3,5,7-8,10,12H2,1-2H3,(H,29,33)(H,30,34);1H/t13-,17-,19+;/m0./s1. The smallest absolute Gasteiger partial charge is 0.280 e. The minimum atomic E-state index is -0.401. The molecule has 0 bridgehead atoms. The number of nitrogens with one attached hydrogen (secondary N) is 4. The quantitative estimate of drug-likeness (QED) is 0.379. The molecule has 198 valence electrons. The van der Waals surface area contributed by atoms with Crippen LogP contribution in [-0.2, 0) is 17.8 Å². The topological polar surface area (TPSA) is 119 Å². The summed E-state index contributed by atoms with van der Waals surface area (Å²) in [7, 11) is 3.47. The predicted molar refractivity (Wildman–Crippen MR) is 147 cm³/mol. The third-order valence-electron chi connectivity index (χ3n) is 6.90. The van der Waals surface area contributed by atoms with Gasteiger partial charge in [0.1, 0.15) is 5.69 Å². The molecular weight excluding hydrogens is 535 g/mol. The van der Waals surface area contributed by atoms with Crippen LogP contribution in [0.5, 0.6) is 0 Å². The van der Waals surface area contributed by atoms with Crippen molar-refractivity contribution in [1.82, 2.24) is 30.8 Å². The molecule has 3 atom stereocenters. The average Bonchev–Trinajstić information content (AvgIpc) is 3.48. The fourth-order valence-electron chi connectivity index (χ4n) is 5.02. The SMILES string of the molecule is CN(C)C(=O)[C@H]1CC[C@H](NC(=O)c2cc3cc(Cl)ccc3[nH]2)[C@H](NC(=O)c2nc3c(s2)CNCC3)C1.Cl. The van der Waals surface area contributed by atoms with E-state index in [1.54, 1.807) is 37.2 Å². The average molecular weight is 566 g/mol. The summed E-state index contributed by atoms with van der Waals surface area (Å²) in [6.45, 7) is 1.57. The number of benzene rings is 1. The number of hydrogen-bond acceptors (Lipinski definition) is 6. The number of H-pyrrole nitrogens is 1. The Morgan fingerprint density at radius 1 is 1.11 bits per heavy atom. The van der Waals surface area contributed by atoms with E-state index in [4.69, 9.17) is 11.6 Å². The van der Waals surface area contributed by atoms with E-state index in [1.165, 1.54) is 11.3 Å². The van der Waals surface area contributed by atoms with E-state index >= 15 is 0 Å². The molecule has 0 radical (unpaired) electrons. The van der Waals surface area contributed by atoms with Gasteiger partial charge in [-0.1, -0.05) is 11.6 Å². The normalized spacial score (nSPS) is 21.0. The van der Waals surface area contributed by atoms with Gasteiger partial charge < -0.3 is 25.8 Å². The third-order valence-corrected chi connectivity index (χ3v) is 8.23. The molecule has 0 spiro atoms. The zero-order chi connectivity index (χ0) is 25.4. The minimum Gasteiger partial charge on any atom is -0.351 e. The van der Waals surface area contributed by atoms with Crippen molar-refractivity contribution < 1.29 is 14.4 Å². The maximum Gasteiger partial charge on any atom is 0.280 e. The molecule has 1 aromatic carbocycles. The van der Waals surface area contributed by atoms with Crippen LogP contribution in [-0.4, -0.2) is 65.3 Å². The monoisotopic (exact) mass is 564 g/mol. The lowest BCUT2D eigenvalue weighted by atomic mass is 9.81. The van der Waals surface area contributed by atoms with Crippen LogP contribution in [0, 0.1) is 5.92 Å². The Hall–Kier alpha value is -2.66. The summed E-state index contributed by atoms with van der Waals surface area (Å²) in [5, 5.41) is 11.3. The first-order valence-corrected chi connectivity index (χ1v) is 13.3. The third kappa shape index (κ3) is 5.93. The number of thiazole rings is 1. The van der Waals surface area contributed by atoms with Gasteiger partial charge in [-0.05, 0) is 43.5 Å². The molecule has 3 heterocycles.